The van der Waals surface area contributed by atoms with E-state index in [2.05, 4.69) is 15.5 Å². The van der Waals surface area contributed by atoms with Crippen molar-refractivity contribution in [2.75, 3.05) is 11.5 Å². The fourth-order valence-electron chi connectivity index (χ4n) is 4.16. The topological polar surface area (TPSA) is 243 Å². The summed E-state index contributed by atoms with van der Waals surface area (Å²) in [5.74, 6) is -4.37. The van der Waals surface area contributed by atoms with Gasteiger partial charge < -0.3 is 41.5 Å². The van der Waals surface area contributed by atoms with E-state index in [-0.39, 0.29) is 65.1 Å². The number of oxime groups is 1. The van der Waals surface area contributed by atoms with Crippen molar-refractivity contribution in [1.29, 1.82) is 0 Å². The number of hydrogen-bond donors (Lipinski definition) is 4. The number of carboxylic acids is 2. The predicted molar refractivity (Wildman–Crippen MR) is 186 cm³/mol. The standard InChI is InChI=1S/C22H22N6O7S2.C6HCl5O.H2O/c1-22(2,20(33)34)35-26-13(12-10-37-21(23)24-12)16(29)25-14-17(30)28-15(19(31)32)11(9-36-18(14)28)8-27-6-4-3-5-7-27;7-1-2(8)4(10)6(12)5(11)3(1)9;/h3-7,10,14,18H,8-9H2,1-2H3,(H4-,23,24,25,29,31,32,33,34);12H;1H2/b26-13-;;/t14-,18-;;/m1../s1. The second-order valence-corrected chi connectivity index (χ2v) is 14.4. The number of phenols is 1. The number of nitrogens with two attached hydrogens (primary N) is 1. The van der Waals surface area contributed by atoms with E-state index in [1.807, 2.05) is 6.07 Å². The monoisotopic (exact) mass is 828 g/mol. The van der Waals surface area contributed by atoms with Crippen molar-refractivity contribution in [3.8, 4) is 5.75 Å². The third-order valence-electron chi connectivity index (χ3n) is 6.72. The van der Waals surface area contributed by atoms with Gasteiger partial charge in [-0.3, -0.25) is 14.5 Å². The summed E-state index contributed by atoms with van der Waals surface area (Å²) in [5.41, 5.74) is 3.83. The zero-order valence-corrected chi connectivity index (χ0v) is 30.9. The zero-order chi connectivity index (χ0) is 36.4. The van der Waals surface area contributed by atoms with E-state index in [0.29, 0.717) is 11.3 Å². The van der Waals surface area contributed by atoms with E-state index in [0.717, 1.165) is 16.2 Å². The minimum absolute atomic E-state index is 0. The Kier molecular flexibility index (Phi) is 13.6. The lowest BCUT2D eigenvalue weighted by atomic mass is 10.0. The number of aromatic nitrogens is 2. The molecule has 2 aromatic heterocycles. The van der Waals surface area contributed by atoms with Crippen LogP contribution in [0.25, 0.3) is 0 Å². The predicted octanol–water partition coefficient (Wildman–Crippen LogP) is 2.54. The number of carbonyl (C=O) groups is 4. The van der Waals surface area contributed by atoms with Crippen molar-refractivity contribution in [2.45, 2.75) is 37.4 Å². The minimum Gasteiger partial charge on any atom is -0.543 e. The molecule has 2 atom stereocenters. The first-order valence-corrected chi connectivity index (χ1v) is 17.3. The summed E-state index contributed by atoms with van der Waals surface area (Å²) in [5, 5.41) is 37.4. The summed E-state index contributed by atoms with van der Waals surface area (Å²) >= 11 is 30.2. The van der Waals surface area contributed by atoms with Gasteiger partial charge in [-0.25, -0.2) is 14.3 Å². The maximum Gasteiger partial charge on any atom is 0.350 e. The number of phenolic OH excluding ortho intramolecular Hbond substituents is 1. The van der Waals surface area contributed by atoms with Gasteiger partial charge in [-0.2, -0.15) is 0 Å². The van der Waals surface area contributed by atoms with Crippen LogP contribution >= 0.6 is 81.1 Å². The molecule has 1 fully saturated rings. The lowest BCUT2D eigenvalue weighted by Gasteiger charge is -2.50. The molecule has 2 amide bonds. The van der Waals surface area contributed by atoms with Crippen LogP contribution in [0.2, 0.25) is 25.1 Å². The van der Waals surface area contributed by atoms with Gasteiger partial charge in [0.15, 0.2) is 35.5 Å². The molecule has 3 aromatic rings. The van der Waals surface area contributed by atoms with E-state index >= 15 is 0 Å². The molecule has 0 spiro atoms. The summed E-state index contributed by atoms with van der Waals surface area (Å²) in [6.07, 6.45) is 3.55. The highest BCUT2D eigenvalue weighted by atomic mass is 35.5. The number of anilines is 1. The third-order valence-corrected chi connectivity index (χ3v) is 11.0. The van der Waals surface area contributed by atoms with Crippen LogP contribution in [-0.2, 0) is 30.6 Å². The molecule has 0 bridgehead atoms. The molecule has 22 heteroatoms. The zero-order valence-electron chi connectivity index (χ0n) is 25.4. The van der Waals surface area contributed by atoms with Crippen LogP contribution in [0.4, 0.5) is 5.13 Å². The Morgan fingerprint density at radius 2 is 1.70 bits per heavy atom. The number of aromatic hydroxyl groups is 1. The van der Waals surface area contributed by atoms with Gasteiger partial charge >= 0.3 is 5.97 Å². The van der Waals surface area contributed by atoms with Gasteiger partial charge in [0.1, 0.15) is 27.2 Å². The number of benzene rings is 1. The van der Waals surface area contributed by atoms with Crippen molar-refractivity contribution < 1.29 is 49.4 Å². The van der Waals surface area contributed by atoms with E-state index < -0.39 is 40.8 Å². The lowest BCUT2D eigenvalue weighted by Crippen LogP contribution is -2.71. The van der Waals surface area contributed by atoms with Crippen molar-refractivity contribution in [3.63, 3.8) is 0 Å². The number of amides is 2. The Balaban J connectivity index is 0.000000441. The summed E-state index contributed by atoms with van der Waals surface area (Å²) in [6.45, 7) is 2.74. The highest BCUT2D eigenvalue weighted by Crippen LogP contribution is 2.47. The molecule has 5 rings (SSSR count). The summed E-state index contributed by atoms with van der Waals surface area (Å²) in [4.78, 5) is 59.6. The summed E-state index contributed by atoms with van der Waals surface area (Å²) in [7, 11) is 0. The van der Waals surface area contributed by atoms with E-state index in [1.54, 1.807) is 29.1 Å². The van der Waals surface area contributed by atoms with Crippen LogP contribution < -0.4 is 20.7 Å². The van der Waals surface area contributed by atoms with Crippen LogP contribution in [0.1, 0.15) is 19.5 Å². The number of thioether (sulfide) groups is 1. The third kappa shape index (κ3) is 8.66. The number of nitrogen functional groups attached to an aromatic ring is 1. The number of halogens is 5. The van der Waals surface area contributed by atoms with Crippen molar-refractivity contribution in [1.82, 2.24) is 15.2 Å². The van der Waals surface area contributed by atoms with Crippen molar-refractivity contribution >= 4 is 116 Å². The second-order valence-electron chi connectivity index (χ2n) is 10.5. The largest absolute Gasteiger partial charge is 0.543 e. The van der Waals surface area contributed by atoms with Crippen molar-refractivity contribution in [3.05, 3.63) is 78.1 Å². The Bertz CT molecular complexity index is 1790. The molecule has 0 aliphatic carbocycles. The highest BCUT2D eigenvalue weighted by Gasteiger charge is 2.53. The van der Waals surface area contributed by atoms with E-state index in [4.69, 9.17) is 68.6 Å². The molecule has 50 heavy (non-hydrogen) atoms. The minimum atomic E-state index is -1.75. The first kappa shape index (κ1) is 40.9. The average Bonchev–Trinajstić information content (AvgIpc) is 3.50. The normalized spacial score (nSPS) is 17.1. The van der Waals surface area contributed by atoms with Crippen LogP contribution in [0.15, 0.2) is 52.4 Å². The van der Waals surface area contributed by atoms with Gasteiger partial charge in [-0.05, 0) is 13.8 Å². The number of hydrogen-bond acceptors (Lipinski definition) is 12. The molecule has 15 nitrogen and oxygen atoms in total. The Hall–Kier alpha value is -3.55. The van der Waals surface area contributed by atoms with Gasteiger partial charge in [0, 0.05) is 28.8 Å². The Morgan fingerprint density at radius 3 is 2.22 bits per heavy atom. The molecule has 1 aromatic carbocycles. The number of pyridine rings is 1. The highest BCUT2D eigenvalue weighted by molar-refractivity contribution is 8.00. The van der Waals surface area contributed by atoms with Gasteiger partial charge in [0.25, 0.3) is 11.8 Å². The van der Waals surface area contributed by atoms with Crippen LogP contribution in [-0.4, -0.2) is 77.8 Å². The smallest absolute Gasteiger partial charge is 0.350 e. The van der Waals surface area contributed by atoms with Crippen molar-refractivity contribution in [2.24, 2.45) is 5.16 Å². The number of thiazole rings is 1. The Labute approximate surface area is 316 Å². The molecular weight excluding hydrogens is 806 g/mol. The SMILES string of the molecule is CC(C)(O/N=C(\C(=O)N[C@@H]1C(=O)N2C(C(=O)[O-])=C(C[n+]3ccccc3)CS[C@H]12)c1csc(N)n1)C(=O)O.O.Oc1c(Cl)c(Cl)c(Cl)c(Cl)c1Cl. The first-order valence-electron chi connectivity index (χ1n) is 13.5. The average molecular weight is 831 g/mol. The maximum atomic E-state index is 13.1. The maximum absolute atomic E-state index is 13.1. The summed E-state index contributed by atoms with van der Waals surface area (Å²) < 4.78 is 1.78. The lowest BCUT2D eigenvalue weighted by molar-refractivity contribution is -0.689. The van der Waals surface area contributed by atoms with E-state index in [1.165, 1.54) is 31.0 Å². The van der Waals surface area contributed by atoms with Gasteiger partial charge in [0.05, 0.1) is 26.7 Å². The number of β-lactam (4-membered cyclic amide) rings is 1. The number of rotatable bonds is 9. The van der Waals surface area contributed by atoms with Crippen LogP contribution in [0.3, 0.4) is 0 Å². The first-order chi connectivity index (χ1) is 23.0. The number of fused-ring (bicyclic) bond motifs is 1. The number of aliphatic carboxylic acids is 2. The fraction of sp³-hybridized carbons (Fsp3) is 0.250. The number of carbonyl (C=O) groups excluding carboxylic acids is 3. The van der Waals surface area contributed by atoms with Gasteiger partial charge in [-0.15, -0.1) is 23.1 Å². The second kappa shape index (κ2) is 16.6. The molecule has 0 unspecified atom stereocenters. The van der Waals surface area contributed by atoms with Gasteiger partial charge in [-0.1, -0.05) is 69.2 Å². The van der Waals surface area contributed by atoms with E-state index in [9.17, 15) is 34.5 Å². The molecule has 0 saturated carbocycles. The molecule has 2 aliphatic heterocycles. The Morgan fingerprint density at radius 1 is 1.12 bits per heavy atom. The molecule has 1 saturated heterocycles. The van der Waals surface area contributed by atoms with Gasteiger partial charge in [0.2, 0.25) is 5.60 Å². The summed E-state index contributed by atoms with van der Waals surface area (Å²) in [6, 6.07) is 4.36. The fourth-order valence-corrected chi connectivity index (χ4v) is 7.17. The molecule has 4 heterocycles. The number of nitrogens with one attached hydrogen (secondary N) is 1. The molecule has 0 radical (unpaired) electrons. The van der Waals surface area contributed by atoms with Crippen LogP contribution in [0, 0.1) is 0 Å². The van der Waals surface area contributed by atoms with Crippen LogP contribution in [0.5, 0.6) is 5.75 Å². The molecular formula is C28H25Cl5N6O9S2. The molecule has 268 valence electrons. The molecule has 2 aliphatic rings. The number of nitrogens with zero attached hydrogens (tertiary/aromatic N) is 4. The number of carboxylic acid groups (broad SMARTS) is 2. The molecule has 7 N–H and O–H groups in total. The quantitative estimate of drug-likeness (QED) is 0.0610.